The molecule has 17 heavy (non-hydrogen) atoms. The molecule has 0 spiro atoms. The minimum atomic E-state index is -4.64. The topological polar surface area (TPSA) is 17.8 Å². The van der Waals surface area contributed by atoms with Crippen molar-refractivity contribution in [2.75, 3.05) is 0 Å². The number of alkyl halides is 3. The van der Waals surface area contributed by atoms with Crippen molar-refractivity contribution in [3.05, 3.63) is 47.8 Å². The number of benzene rings is 1. The summed E-state index contributed by atoms with van der Waals surface area (Å²) in [4.78, 5) is 0. The predicted octanol–water partition coefficient (Wildman–Crippen LogP) is 3.17. The zero-order valence-electron chi connectivity index (χ0n) is 8.17. The minimum Gasteiger partial charge on any atom is -0.228 e. The van der Waals surface area contributed by atoms with Gasteiger partial charge in [0.15, 0.2) is 0 Å². The van der Waals surface area contributed by atoms with Gasteiger partial charge >= 0.3 is 6.18 Å². The zero-order chi connectivity index (χ0) is 12.6. The van der Waals surface area contributed by atoms with Gasteiger partial charge in [-0.3, -0.25) is 0 Å². The van der Waals surface area contributed by atoms with E-state index in [1.807, 2.05) is 0 Å². The molecule has 0 bridgehead atoms. The molecule has 0 unspecified atom stereocenters. The first-order chi connectivity index (χ1) is 7.88. The molecule has 0 saturated carbocycles. The molecule has 90 valence electrons. The summed E-state index contributed by atoms with van der Waals surface area (Å²) >= 11 is 0. The summed E-state index contributed by atoms with van der Waals surface area (Å²) in [5.41, 5.74) is -1.41. The molecule has 7 heteroatoms. The molecule has 0 amide bonds. The van der Waals surface area contributed by atoms with E-state index in [0.717, 1.165) is 24.4 Å². The van der Waals surface area contributed by atoms with Crippen LogP contribution in [0.15, 0.2) is 30.5 Å². The van der Waals surface area contributed by atoms with E-state index in [2.05, 4.69) is 5.10 Å². The second kappa shape index (κ2) is 3.83. The van der Waals surface area contributed by atoms with Gasteiger partial charge in [0.2, 0.25) is 0 Å². The van der Waals surface area contributed by atoms with Crippen LogP contribution in [0.3, 0.4) is 0 Å². The quantitative estimate of drug-likeness (QED) is 0.709. The summed E-state index contributed by atoms with van der Waals surface area (Å²) in [5.74, 6) is -1.94. The summed E-state index contributed by atoms with van der Waals surface area (Å²) in [6.45, 7) is 0. The van der Waals surface area contributed by atoms with Crippen molar-refractivity contribution in [3.63, 3.8) is 0 Å². The molecular weight excluding hydrogens is 243 g/mol. The maximum atomic E-state index is 12.9. The lowest BCUT2D eigenvalue weighted by Gasteiger charge is -2.10. The maximum absolute atomic E-state index is 12.9. The van der Waals surface area contributed by atoms with Crippen molar-refractivity contribution in [2.24, 2.45) is 0 Å². The van der Waals surface area contributed by atoms with Crippen LogP contribution < -0.4 is 0 Å². The molecular formula is C10H5F5N2. The third kappa shape index (κ3) is 2.27. The Hall–Kier alpha value is -1.92. The van der Waals surface area contributed by atoms with Crippen LogP contribution in [0.25, 0.3) is 5.69 Å². The van der Waals surface area contributed by atoms with Crippen LogP contribution in [0.1, 0.15) is 5.69 Å². The number of aromatic nitrogens is 2. The van der Waals surface area contributed by atoms with Gasteiger partial charge < -0.3 is 0 Å². The number of hydrogen-bond acceptors (Lipinski definition) is 1. The van der Waals surface area contributed by atoms with Crippen LogP contribution in [0.4, 0.5) is 22.0 Å². The van der Waals surface area contributed by atoms with Crippen molar-refractivity contribution < 1.29 is 22.0 Å². The highest BCUT2D eigenvalue weighted by atomic mass is 19.4. The van der Waals surface area contributed by atoms with E-state index in [0.29, 0.717) is 10.7 Å². The Kier molecular flexibility index (Phi) is 2.60. The fraction of sp³-hybridized carbons (Fsp3) is 0.100. The van der Waals surface area contributed by atoms with Gasteiger partial charge in [-0.25, -0.2) is 13.5 Å². The van der Waals surface area contributed by atoms with Crippen LogP contribution >= 0.6 is 0 Å². The Morgan fingerprint density at radius 1 is 1.00 bits per heavy atom. The van der Waals surface area contributed by atoms with Gasteiger partial charge in [0.1, 0.15) is 17.3 Å². The first kappa shape index (κ1) is 11.6. The SMILES string of the molecule is Fc1cc(F)cc(-n2nccc2C(F)(F)F)c1. The van der Waals surface area contributed by atoms with Gasteiger partial charge in [-0.2, -0.15) is 18.3 Å². The lowest BCUT2D eigenvalue weighted by molar-refractivity contribution is -0.142. The van der Waals surface area contributed by atoms with Crippen molar-refractivity contribution >= 4 is 0 Å². The fourth-order valence-corrected chi connectivity index (χ4v) is 1.39. The second-order valence-corrected chi connectivity index (χ2v) is 3.25. The van der Waals surface area contributed by atoms with E-state index in [4.69, 9.17) is 0 Å². The van der Waals surface area contributed by atoms with Crippen molar-refractivity contribution in [1.82, 2.24) is 9.78 Å². The molecule has 0 aliphatic rings. The highest BCUT2D eigenvalue weighted by molar-refractivity contribution is 5.34. The summed E-state index contributed by atoms with van der Waals surface area (Å²) in [6, 6.07) is 2.83. The highest BCUT2D eigenvalue weighted by Gasteiger charge is 2.35. The molecule has 1 aromatic carbocycles. The molecule has 0 atom stereocenters. The van der Waals surface area contributed by atoms with Gasteiger partial charge in [-0.15, -0.1) is 0 Å². The van der Waals surface area contributed by atoms with E-state index >= 15 is 0 Å². The van der Waals surface area contributed by atoms with Crippen LogP contribution in [0, 0.1) is 11.6 Å². The average molecular weight is 248 g/mol. The molecule has 0 fully saturated rings. The van der Waals surface area contributed by atoms with Gasteiger partial charge in [0.05, 0.1) is 11.9 Å². The normalized spacial score (nSPS) is 11.8. The lowest BCUT2D eigenvalue weighted by Crippen LogP contribution is -2.13. The standard InChI is InChI=1S/C10H5F5N2/c11-6-3-7(12)5-8(4-6)17-9(1-2-16-17)10(13,14)15/h1-5H. The monoisotopic (exact) mass is 248 g/mol. The van der Waals surface area contributed by atoms with Crippen molar-refractivity contribution in [3.8, 4) is 5.69 Å². The lowest BCUT2D eigenvalue weighted by atomic mass is 10.3. The fourth-order valence-electron chi connectivity index (χ4n) is 1.39. The summed E-state index contributed by atoms with van der Waals surface area (Å²) in [6.07, 6.45) is -3.73. The van der Waals surface area contributed by atoms with Crippen molar-refractivity contribution in [1.29, 1.82) is 0 Å². The van der Waals surface area contributed by atoms with E-state index in [9.17, 15) is 22.0 Å². The Balaban J connectivity index is 2.57. The molecule has 2 nitrogen and oxygen atoms in total. The molecule has 1 heterocycles. The zero-order valence-corrected chi connectivity index (χ0v) is 8.17. The molecule has 1 aromatic heterocycles. The Morgan fingerprint density at radius 2 is 1.59 bits per heavy atom. The molecule has 2 aromatic rings. The molecule has 0 saturated heterocycles. The first-order valence-corrected chi connectivity index (χ1v) is 4.45. The van der Waals surface area contributed by atoms with Crippen LogP contribution in [0.2, 0.25) is 0 Å². The van der Waals surface area contributed by atoms with Crippen LogP contribution in [-0.2, 0) is 6.18 Å². The molecule has 0 radical (unpaired) electrons. The van der Waals surface area contributed by atoms with E-state index in [1.165, 1.54) is 0 Å². The second-order valence-electron chi connectivity index (χ2n) is 3.25. The van der Waals surface area contributed by atoms with Crippen molar-refractivity contribution in [2.45, 2.75) is 6.18 Å². The van der Waals surface area contributed by atoms with Gasteiger partial charge in [-0.1, -0.05) is 0 Å². The predicted molar refractivity (Wildman–Crippen MR) is 48.5 cm³/mol. The summed E-state index contributed by atoms with van der Waals surface area (Å²) in [7, 11) is 0. The smallest absolute Gasteiger partial charge is 0.228 e. The average Bonchev–Trinajstić information content (AvgIpc) is 2.63. The minimum absolute atomic E-state index is 0.320. The van der Waals surface area contributed by atoms with E-state index < -0.39 is 23.5 Å². The van der Waals surface area contributed by atoms with E-state index in [1.54, 1.807) is 0 Å². The highest BCUT2D eigenvalue weighted by Crippen LogP contribution is 2.30. The molecule has 2 rings (SSSR count). The Bertz CT molecular complexity index is 524. The van der Waals surface area contributed by atoms with Gasteiger partial charge in [0, 0.05) is 6.07 Å². The number of halogens is 5. The molecule has 0 aliphatic heterocycles. The third-order valence-corrected chi connectivity index (χ3v) is 2.03. The number of nitrogens with zero attached hydrogens (tertiary/aromatic N) is 2. The maximum Gasteiger partial charge on any atom is 0.433 e. The van der Waals surface area contributed by atoms with Gasteiger partial charge in [0.25, 0.3) is 0 Å². The van der Waals surface area contributed by atoms with Crippen LogP contribution in [-0.4, -0.2) is 9.78 Å². The largest absolute Gasteiger partial charge is 0.433 e. The third-order valence-electron chi connectivity index (χ3n) is 2.03. The number of hydrogen-bond donors (Lipinski definition) is 0. The molecule has 0 aliphatic carbocycles. The Morgan fingerprint density at radius 3 is 2.12 bits per heavy atom. The Labute approximate surface area is 92.3 Å². The first-order valence-electron chi connectivity index (χ1n) is 4.45. The van der Waals surface area contributed by atoms with Crippen LogP contribution in [0.5, 0.6) is 0 Å². The summed E-state index contributed by atoms with van der Waals surface area (Å²) < 4.78 is 63.8. The number of rotatable bonds is 1. The molecule has 0 N–H and O–H groups in total. The summed E-state index contributed by atoms with van der Waals surface area (Å²) in [5, 5.41) is 3.40. The van der Waals surface area contributed by atoms with E-state index in [-0.39, 0.29) is 5.69 Å². The van der Waals surface area contributed by atoms with Gasteiger partial charge in [-0.05, 0) is 18.2 Å².